The van der Waals surface area contributed by atoms with Crippen LogP contribution in [0.15, 0.2) is 35.9 Å². The fourth-order valence-corrected chi connectivity index (χ4v) is 2.86. The van der Waals surface area contributed by atoms with Crippen LogP contribution in [0.1, 0.15) is 32.3 Å². The molecule has 2 heteroatoms. The van der Waals surface area contributed by atoms with Gasteiger partial charge in [-0.1, -0.05) is 49.8 Å². The zero-order valence-electron chi connectivity index (χ0n) is 12.3. The van der Waals surface area contributed by atoms with Gasteiger partial charge in [0.15, 0.2) is 0 Å². The fraction of sp³-hybridized carbons (Fsp3) is 0.529. The highest BCUT2D eigenvalue weighted by molar-refractivity contribution is 5.68. The molecular formula is C17H26N2. The number of hydrogen-bond acceptors (Lipinski definition) is 2. The summed E-state index contributed by atoms with van der Waals surface area (Å²) < 4.78 is 0. The molecular weight excluding hydrogens is 232 g/mol. The molecule has 104 valence electrons. The summed E-state index contributed by atoms with van der Waals surface area (Å²) in [5, 5.41) is 3.42. The zero-order chi connectivity index (χ0) is 13.5. The Kier molecular flexibility index (Phi) is 5.62. The maximum atomic E-state index is 3.42. The summed E-state index contributed by atoms with van der Waals surface area (Å²) in [6.45, 7) is 10.3. The largest absolute Gasteiger partial charge is 0.314 e. The van der Waals surface area contributed by atoms with Crippen molar-refractivity contribution in [1.29, 1.82) is 0 Å². The fourth-order valence-electron chi connectivity index (χ4n) is 2.86. The van der Waals surface area contributed by atoms with Crippen LogP contribution in [0.4, 0.5) is 0 Å². The molecule has 0 bridgehead atoms. The van der Waals surface area contributed by atoms with E-state index >= 15 is 0 Å². The first kappa shape index (κ1) is 14.3. The number of benzene rings is 1. The van der Waals surface area contributed by atoms with Crippen LogP contribution in [-0.4, -0.2) is 37.6 Å². The third kappa shape index (κ3) is 3.92. The average Bonchev–Trinajstić information content (AvgIpc) is 2.49. The quantitative estimate of drug-likeness (QED) is 0.872. The molecule has 1 aromatic rings. The normalized spacial score (nSPS) is 18.2. The van der Waals surface area contributed by atoms with Crippen molar-refractivity contribution in [3.63, 3.8) is 0 Å². The van der Waals surface area contributed by atoms with E-state index in [1.165, 1.54) is 18.7 Å². The van der Waals surface area contributed by atoms with Gasteiger partial charge < -0.3 is 5.32 Å². The Hall–Kier alpha value is -1.12. The first-order chi connectivity index (χ1) is 9.35. The van der Waals surface area contributed by atoms with Gasteiger partial charge in [0.05, 0.1) is 0 Å². The smallest absolute Gasteiger partial charge is 0.0199 e. The van der Waals surface area contributed by atoms with E-state index in [1.807, 2.05) is 0 Å². The second-order valence-corrected chi connectivity index (χ2v) is 5.18. The minimum absolute atomic E-state index is 1.12. The van der Waals surface area contributed by atoms with Crippen molar-refractivity contribution in [3.8, 4) is 0 Å². The predicted octanol–water partition coefficient (Wildman–Crippen LogP) is 3.17. The number of nitrogens with zero attached hydrogens (tertiary/aromatic N) is 1. The Morgan fingerprint density at radius 1 is 1.05 bits per heavy atom. The highest BCUT2D eigenvalue weighted by Crippen LogP contribution is 2.24. The van der Waals surface area contributed by atoms with Gasteiger partial charge in [-0.15, -0.1) is 0 Å². The molecule has 0 spiro atoms. The Morgan fingerprint density at radius 2 is 1.74 bits per heavy atom. The van der Waals surface area contributed by atoms with Crippen molar-refractivity contribution in [2.24, 2.45) is 0 Å². The van der Waals surface area contributed by atoms with Crippen LogP contribution in [0.3, 0.4) is 0 Å². The standard InChI is InChI=1S/C17H26N2/c1-3-15(14-19-12-10-18-11-13-19)17(4-2)16-8-6-5-7-9-16/h5-9,18H,3-4,10-14H2,1-2H3/b17-15-. The molecule has 0 amide bonds. The van der Waals surface area contributed by atoms with Gasteiger partial charge >= 0.3 is 0 Å². The van der Waals surface area contributed by atoms with Gasteiger partial charge in [0.25, 0.3) is 0 Å². The molecule has 0 unspecified atom stereocenters. The van der Waals surface area contributed by atoms with E-state index in [4.69, 9.17) is 0 Å². The highest BCUT2D eigenvalue weighted by Gasteiger charge is 2.13. The maximum Gasteiger partial charge on any atom is 0.0199 e. The van der Waals surface area contributed by atoms with E-state index in [-0.39, 0.29) is 0 Å². The number of piperazine rings is 1. The SMILES string of the molecule is CC/C(CN1CCNCC1)=C(\CC)c1ccccc1. The third-order valence-electron chi connectivity index (χ3n) is 3.95. The van der Waals surface area contributed by atoms with Crippen LogP contribution in [-0.2, 0) is 0 Å². The summed E-state index contributed by atoms with van der Waals surface area (Å²) in [4.78, 5) is 2.58. The maximum absolute atomic E-state index is 3.42. The van der Waals surface area contributed by atoms with Crippen LogP contribution < -0.4 is 5.32 Å². The van der Waals surface area contributed by atoms with Crippen LogP contribution in [0.2, 0.25) is 0 Å². The van der Waals surface area contributed by atoms with Crippen LogP contribution in [0.5, 0.6) is 0 Å². The number of rotatable bonds is 5. The summed E-state index contributed by atoms with van der Waals surface area (Å²) in [7, 11) is 0. The Bertz CT molecular complexity index is 403. The number of nitrogens with one attached hydrogen (secondary N) is 1. The molecule has 0 atom stereocenters. The van der Waals surface area contributed by atoms with Gasteiger partial charge in [0.1, 0.15) is 0 Å². The second kappa shape index (κ2) is 7.46. The molecule has 2 rings (SSSR count). The molecule has 1 aliphatic rings. The van der Waals surface area contributed by atoms with Gasteiger partial charge in [-0.3, -0.25) is 4.90 Å². The molecule has 19 heavy (non-hydrogen) atoms. The molecule has 2 nitrogen and oxygen atoms in total. The van der Waals surface area contributed by atoms with Crippen LogP contribution in [0, 0.1) is 0 Å². The monoisotopic (exact) mass is 258 g/mol. The Labute approximate surface area is 117 Å². The van der Waals surface area contributed by atoms with Crippen molar-refractivity contribution < 1.29 is 0 Å². The van der Waals surface area contributed by atoms with Crippen molar-refractivity contribution in [3.05, 3.63) is 41.5 Å². The van der Waals surface area contributed by atoms with Crippen molar-refractivity contribution >= 4 is 5.57 Å². The van der Waals surface area contributed by atoms with E-state index in [0.717, 1.165) is 32.5 Å². The first-order valence-electron chi connectivity index (χ1n) is 7.54. The molecule has 0 radical (unpaired) electrons. The summed E-state index contributed by atoms with van der Waals surface area (Å²) in [6, 6.07) is 10.9. The van der Waals surface area contributed by atoms with Gasteiger partial charge in [0, 0.05) is 32.7 Å². The van der Waals surface area contributed by atoms with E-state index in [2.05, 4.69) is 54.4 Å². The van der Waals surface area contributed by atoms with Crippen molar-refractivity contribution in [2.45, 2.75) is 26.7 Å². The second-order valence-electron chi connectivity index (χ2n) is 5.18. The van der Waals surface area contributed by atoms with E-state index in [0.29, 0.717) is 0 Å². The lowest BCUT2D eigenvalue weighted by molar-refractivity contribution is 0.258. The Balaban J connectivity index is 2.17. The summed E-state index contributed by atoms with van der Waals surface area (Å²) in [5.41, 5.74) is 4.55. The first-order valence-corrected chi connectivity index (χ1v) is 7.54. The molecule has 0 aromatic heterocycles. The average molecular weight is 258 g/mol. The summed E-state index contributed by atoms with van der Waals surface area (Å²) >= 11 is 0. The topological polar surface area (TPSA) is 15.3 Å². The van der Waals surface area contributed by atoms with Crippen LogP contribution in [0.25, 0.3) is 5.57 Å². The zero-order valence-corrected chi connectivity index (χ0v) is 12.3. The summed E-state index contributed by atoms with van der Waals surface area (Å²) in [6.07, 6.45) is 2.28. The molecule has 1 fully saturated rings. The molecule has 1 heterocycles. The lowest BCUT2D eigenvalue weighted by atomic mass is 9.95. The molecule has 1 N–H and O–H groups in total. The summed E-state index contributed by atoms with van der Waals surface area (Å²) in [5.74, 6) is 0. The minimum Gasteiger partial charge on any atom is -0.314 e. The van der Waals surface area contributed by atoms with Crippen molar-refractivity contribution in [2.75, 3.05) is 32.7 Å². The van der Waals surface area contributed by atoms with Gasteiger partial charge in [0.2, 0.25) is 0 Å². The number of allylic oxidation sites excluding steroid dienone is 1. The van der Waals surface area contributed by atoms with E-state index in [1.54, 1.807) is 11.1 Å². The van der Waals surface area contributed by atoms with Gasteiger partial charge in [-0.2, -0.15) is 0 Å². The van der Waals surface area contributed by atoms with Crippen molar-refractivity contribution in [1.82, 2.24) is 10.2 Å². The molecule has 0 aliphatic carbocycles. The Morgan fingerprint density at radius 3 is 2.32 bits per heavy atom. The lowest BCUT2D eigenvalue weighted by Crippen LogP contribution is -2.44. The minimum atomic E-state index is 1.12. The molecule has 0 saturated carbocycles. The molecule has 1 aromatic carbocycles. The molecule has 1 saturated heterocycles. The van der Waals surface area contributed by atoms with E-state index < -0.39 is 0 Å². The molecule has 1 aliphatic heterocycles. The lowest BCUT2D eigenvalue weighted by Gasteiger charge is -2.29. The van der Waals surface area contributed by atoms with Gasteiger partial charge in [-0.05, 0) is 24.0 Å². The third-order valence-corrected chi connectivity index (χ3v) is 3.95. The van der Waals surface area contributed by atoms with Crippen LogP contribution >= 0.6 is 0 Å². The van der Waals surface area contributed by atoms with E-state index in [9.17, 15) is 0 Å². The van der Waals surface area contributed by atoms with Gasteiger partial charge in [-0.25, -0.2) is 0 Å². The highest BCUT2D eigenvalue weighted by atomic mass is 15.2. The number of hydrogen-bond donors (Lipinski definition) is 1. The predicted molar refractivity (Wildman–Crippen MR) is 83.3 cm³/mol.